The van der Waals surface area contributed by atoms with Gasteiger partial charge in [-0.1, -0.05) is 32.6 Å². The van der Waals surface area contributed by atoms with Gasteiger partial charge < -0.3 is 20.8 Å². The van der Waals surface area contributed by atoms with Crippen molar-refractivity contribution in [3.8, 4) is 5.75 Å². The fourth-order valence-corrected chi connectivity index (χ4v) is 4.74. The number of nitrogens with one attached hydrogen (secondary N) is 3. The molecule has 0 bridgehead atoms. The van der Waals surface area contributed by atoms with E-state index in [0.717, 1.165) is 32.5 Å². The minimum atomic E-state index is -0.562. The van der Waals surface area contributed by atoms with Gasteiger partial charge in [0.15, 0.2) is 11.6 Å². The van der Waals surface area contributed by atoms with E-state index in [1.807, 2.05) is 0 Å². The van der Waals surface area contributed by atoms with E-state index in [-0.39, 0.29) is 5.75 Å². The van der Waals surface area contributed by atoms with E-state index in [1.54, 1.807) is 6.07 Å². The molecule has 10 heteroatoms. The summed E-state index contributed by atoms with van der Waals surface area (Å²) in [4.78, 5) is 20.7. The zero-order chi connectivity index (χ0) is 23.0. The van der Waals surface area contributed by atoms with Gasteiger partial charge in [0, 0.05) is 30.4 Å². The highest BCUT2D eigenvalue weighted by Gasteiger charge is 2.23. The van der Waals surface area contributed by atoms with Crippen LogP contribution in [0.1, 0.15) is 58.3 Å². The number of aromatic nitrogens is 3. The first kappa shape index (κ1) is 23.4. The number of halogens is 1. The van der Waals surface area contributed by atoms with Crippen LogP contribution >= 0.6 is 0 Å². The highest BCUT2D eigenvalue weighted by atomic mass is 19.1. The second-order valence-corrected chi connectivity index (χ2v) is 8.83. The van der Waals surface area contributed by atoms with Crippen LogP contribution in [0, 0.1) is 5.82 Å². The largest absolute Gasteiger partial charge is 0.408 e. The molecule has 180 valence electrons. The van der Waals surface area contributed by atoms with E-state index in [1.165, 1.54) is 50.7 Å². The number of anilines is 4. The highest BCUT2D eigenvalue weighted by molar-refractivity contribution is 5.57. The van der Waals surface area contributed by atoms with E-state index in [2.05, 4.69) is 47.6 Å². The molecule has 0 radical (unpaired) electrons. The van der Waals surface area contributed by atoms with E-state index in [9.17, 15) is 4.39 Å². The van der Waals surface area contributed by atoms with Gasteiger partial charge >= 0.3 is 0 Å². The van der Waals surface area contributed by atoms with Crippen LogP contribution in [0.3, 0.4) is 0 Å². The second kappa shape index (κ2) is 11.4. The number of hydrogen-bond acceptors (Lipinski definition) is 9. The summed E-state index contributed by atoms with van der Waals surface area (Å²) in [6.45, 7) is 5.14. The number of hydrogen-bond donors (Lipinski definition) is 4. The van der Waals surface area contributed by atoms with E-state index >= 15 is 0 Å². The normalized spacial score (nSPS) is 19.8. The van der Waals surface area contributed by atoms with E-state index in [0.29, 0.717) is 35.6 Å². The maximum absolute atomic E-state index is 14.1. The maximum Gasteiger partial charge on any atom is 0.233 e. The van der Waals surface area contributed by atoms with E-state index in [4.69, 9.17) is 5.90 Å². The molecule has 1 aliphatic carbocycles. The highest BCUT2D eigenvalue weighted by Crippen LogP contribution is 2.24. The molecule has 1 aliphatic heterocycles. The summed E-state index contributed by atoms with van der Waals surface area (Å²) in [6.07, 6.45) is 9.57. The third kappa shape index (κ3) is 6.42. The van der Waals surface area contributed by atoms with Crippen LogP contribution in [0.4, 0.5) is 27.9 Å². The van der Waals surface area contributed by atoms with Crippen LogP contribution < -0.4 is 26.7 Å². The molecule has 5 N–H and O–H groups in total. The molecule has 4 rings (SSSR count). The number of nitrogens with two attached hydrogens (primary N) is 1. The molecule has 1 atom stereocenters. The van der Waals surface area contributed by atoms with Crippen LogP contribution in [0.2, 0.25) is 0 Å². The Bertz CT molecular complexity index is 906. The lowest BCUT2D eigenvalue weighted by Crippen LogP contribution is -2.35. The van der Waals surface area contributed by atoms with Crippen LogP contribution in [0.5, 0.6) is 5.75 Å². The molecule has 9 nitrogen and oxygen atoms in total. The average molecular weight is 459 g/mol. The van der Waals surface area contributed by atoms with Crippen molar-refractivity contribution in [3.05, 3.63) is 24.0 Å². The first-order valence-corrected chi connectivity index (χ1v) is 12.1. The third-order valence-corrected chi connectivity index (χ3v) is 6.54. The van der Waals surface area contributed by atoms with Gasteiger partial charge in [0.1, 0.15) is 0 Å². The summed E-state index contributed by atoms with van der Waals surface area (Å²) >= 11 is 0. The van der Waals surface area contributed by atoms with Crippen molar-refractivity contribution in [1.82, 2.24) is 19.9 Å². The monoisotopic (exact) mass is 458 g/mol. The number of rotatable bonds is 9. The molecule has 1 saturated carbocycles. The lowest BCUT2D eigenvalue weighted by atomic mass is 10.1. The minimum absolute atomic E-state index is 0.0219. The lowest BCUT2D eigenvalue weighted by molar-refractivity contribution is 0.277. The molecule has 33 heavy (non-hydrogen) atoms. The molecule has 2 aliphatic rings. The summed E-state index contributed by atoms with van der Waals surface area (Å²) in [5.74, 6) is 5.89. The van der Waals surface area contributed by atoms with Crippen molar-refractivity contribution in [3.63, 3.8) is 0 Å². The standard InChI is InChI=1S/C23H35FN8O/c1-2-32-13-7-10-18(32)15-26-21-29-22(27-16-8-5-3-4-6-9-16)31-23(30-21)28-17-11-12-20(33-25)19(24)14-17/h11-12,14,16,18H,2-10,13,15,25H2,1H3,(H3,26,27,28,29,30,31). The van der Waals surface area contributed by atoms with Crippen molar-refractivity contribution in [2.45, 2.75) is 70.4 Å². The van der Waals surface area contributed by atoms with Crippen LogP contribution in [0.15, 0.2) is 18.2 Å². The Hall–Kier alpha value is -2.72. The topological polar surface area (TPSA) is 113 Å². The Morgan fingerprint density at radius 3 is 2.52 bits per heavy atom. The smallest absolute Gasteiger partial charge is 0.233 e. The van der Waals surface area contributed by atoms with Crippen molar-refractivity contribution in [1.29, 1.82) is 0 Å². The van der Waals surface area contributed by atoms with Gasteiger partial charge in [-0.25, -0.2) is 4.39 Å². The second-order valence-electron chi connectivity index (χ2n) is 8.83. The van der Waals surface area contributed by atoms with Gasteiger partial charge in [0.2, 0.25) is 17.8 Å². The molecular formula is C23H35FN8O. The summed E-state index contributed by atoms with van der Waals surface area (Å²) in [6, 6.07) is 5.24. The molecular weight excluding hydrogens is 423 g/mol. The Morgan fingerprint density at radius 2 is 1.79 bits per heavy atom. The number of nitrogens with zero attached hydrogens (tertiary/aromatic N) is 4. The molecule has 1 saturated heterocycles. The summed E-state index contributed by atoms with van der Waals surface area (Å²) < 4.78 is 14.1. The average Bonchev–Trinajstić information content (AvgIpc) is 3.12. The third-order valence-electron chi connectivity index (χ3n) is 6.54. The van der Waals surface area contributed by atoms with Crippen LogP contribution in [-0.2, 0) is 0 Å². The van der Waals surface area contributed by atoms with Gasteiger partial charge in [-0.2, -0.15) is 20.8 Å². The van der Waals surface area contributed by atoms with Gasteiger partial charge in [0.05, 0.1) is 0 Å². The first-order valence-electron chi connectivity index (χ1n) is 12.1. The minimum Gasteiger partial charge on any atom is -0.408 e. The Balaban J connectivity index is 1.52. The molecule has 2 fully saturated rings. The fourth-order valence-electron chi connectivity index (χ4n) is 4.74. The summed E-state index contributed by atoms with van der Waals surface area (Å²) in [5.41, 5.74) is 0.499. The Kier molecular flexibility index (Phi) is 8.11. The zero-order valence-corrected chi connectivity index (χ0v) is 19.3. The van der Waals surface area contributed by atoms with Gasteiger partial charge in [-0.3, -0.25) is 4.90 Å². The first-order chi connectivity index (χ1) is 16.1. The van der Waals surface area contributed by atoms with Gasteiger partial charge in [-0.05, 0) is 50.9 Å². The molecule has 2 heterocycles. The molecule has 1 unspecified atom stereocenters. The predicted octanol–water partition coefficient (Wildman–Crippen LogP) is 4.04. The van der Waals surface area contributed by atoms with Crippen molar-refractivity contribution in [2.24, 2.45) is 5.90 Å². The molecule has 1 aromatic heterocycles. The Labute approximate surface area is 194 Å². The lowest BCUT2D eigenvalue weighted by Gasteiger charge is -2.23. The predicted molar refractivity (Wildman–Crippen MR) is 128 cm³/mol. The Morgan fingerprint density at radius 1 is 1.03 bits per heavy atom. The summed E-state index contributed by atoms with van der Waals surface area (Å²) in [7, 11) is 0. The molecule has 2 aromatic rings. The number of benzene rings is 1. The van der Waals surface area contributed by atoms with Gasteiger partial charge in [-0.15, -0.1) is 0 Å². The van der Waals surface area contributed by atoms with E-state index < -0.39 is 5.82 Å². The quantitative estimate of drug-likeness (QED) is 0.327. The van der Waals surface area contributed by atoms with Gasteiger partial charge in [0.25, 0.3) is 0 Å². The maximum atomic E-state index is 14.1. The van der Waals surface area contributed by atoms with Crippen LogP contribution in [-0.4, -0.2) is 51.6 Å². The number of likely N-dealkylation sites (tertiary alicyclic amines) is 1. The van der Waals surface area contributed by atoms with Crippen molar-refractivity contribution >= 4 is 23.5 Å². The number of likely N-dealkylation sites (N-methyl/N-ethyl adjacent to an activating group) is 1. The SMILES string of the molecule is CCN1CCCC1CNc1nc(Nc2ccc(ON)c(F)c2)nc(NC2CCCCCC2)n1. The van der Waals surface area contributed by atoms with Crippen molar-refractivity contribution in [2.75, 3.05) is 35.6 Å². The molecule has 0 amide bonds. The molecule has 1 aromatic carbocycles. The summed E-state index contributed by atoms with van der Waals surface area (Å²) in [5, 5.41) is 9.99. The van der Waals surface area contributed by atoms with Crippen LogP contribution in [0.25, 0.3) is 0 Å². The fraction of sp³-hybridized carbons (Fsp3) is 0.609. The molecule has 0 spiro atoms. The zero-order valence-electron chi connectivity index (χ0n) is 19.3. The van der Waals surface area contributed by atoms with Crippen molar-refractivity contribution < 1.29 is 9.23 Å².